The van der Waals surface area contributed by atoms with Gasteiger partial charge in [0.1, 0.15) is 0 Å². The van der Waals surface area contributed by atoms with Gasteiger partial charge < -0.3 is 10.2 Å². The Morgan fingerprint density at radius 3 is 2.57 bits per heavy atom. The van der Waals surface area contributed by atoms with Crippen LogP contribution in [-0.2, 0) is 11.2 Å². The minimum absolute atomic E-state index is 0.289. The van der Waals surface area contributed by atoms with Gasteiger partial charge in [0.05, 0.1) is 0 Å². The summed E-state index contributed by atoms with van der Waals surface area (Å²) < 4.78 is 0. The van der Waals surface area contributed by atoms with E-state index in [4.69, 9.17) is 11.6 Å². The number of hydrogen-bond donors (Lipinski definition) is 1. The van der Waals surface area contributed by atoms with E-state index in [2.05, 4.69) is 5.32 Å². The number of piperidine rings is 1. The molecular weight excluding hydrogens is 284 g/mol. The van der Waals surface area contributed by atoms with Crippen LogP contribution in [0.15, 0.2) is 24.3 Å². The molecule has 1 heterocycles. The predicted octanol–water partition coefficient (Wildman–Crippen LogP) is 3.12. The van der Waals surface area contributed by atoms with Crippen LogP contribution in [0.1, 0.15) is 31.2 Å². The largest absolute Gasteiger partial charge is 0.343 e. The Morgan fingerprint density at radius 2 is 1.95 bits per heavy atom. The van der Waals surface area contributed by atoms with Gasteiger partial charge in [0.15, 0.2) is 0 Å². The van der Waals surface area contributed by atoms with Crippen molar-refractivity contribution >= 4 is 17.5 Å². The SMILES string of the molecule is CNCCC1CCN(C(=O)CCc2ccc(Cl)cc2)CC1. The first-order valence-electron chi connectivity index (χ1n) is 7.86. The Hall–Kier alpha value is -1.06. The van der Waals surface area contributed by atoms with Gasteiger partial charge in [-0.2, -0.15) is 0 Å². The molecule has 0 bridgehead atoms. The molecule has 3 nitrogen and oxygen atoms in total. The van der Waals surface area contributed by atoms with E-state index < -0.39 is 0 Å². The summed E-state index contributed by atoms with van der Waals surface area (Å²) in [5.74, 6) is 1.06. The monoisotopic (exact) mass is 308 g/mol. The van der Waals surface area contributed by atoms with E-state index in [0.29, 0.717) is 6.42 Å². The quantitative estimate of drug-likeness (QED) is 0.875. The summed E-state index contributed by atoms with van der Waals surface area (Å²) in [6.45, 7) is 2.93. The maximum absolute atomic E-state index is 12.2. The molecule has 1 fully saturated rings. The molecule has 2 rings (SSSR count). The summed E-state index contributed by atoms with van der Waals surface area (Å²) in [5, 5.41) is 3.95. The first kappa shape index (κ1) is 16.3. The molecule has 0 atom stereocenters. The number of nitrogens with zero attached hydrogens (tertiary/aromatic N) is 1. The fourth-order valence-electron chi connectivity index (χ4n) is 2.88. The van der Waals surface area contributed by atoms with E-state index in [1.54, 1.807) is 0 Å². The number of carbonyl (C=O) groups is 1. The van der Waals surface area contributed by atoms with Crippen molar-refractivity contribution < 1.29 is 4.79 Å². The molecule has 1 amide bonds. The standard InChI is InChI=1S/C17H25ClN2O/c1-19-11-8-15-9-12-20(13-10-15)17(21)7-4-14-2-5-16(18)6-3-14/h2-3,5-6,15,19H,4,7-13H2,1H3. The van der Waals surface area contributed by atoms with Gasteiger partial charge in [-0.05, 0) is 62.9 Å². The average Bonchev–Trinajstić information content (AvgIpc) is 2.52. The molecule has 1 aliphatic heterocycles. The van der Waals surface area contributed by atoms with Gasteiger partial charge in [-0.3, -0.25) is 4.79 Å². The van der Waals surface area contributed by atoms with Gasteiger partial charge in [-0.15, -0.1) is 0 Å². The summed E-state index contributed by atoms with van der Waals surface area (Å²) in [7, 11) is 2.00. The number of amides is 1. The zero-order valence-corrected chi connectivity index (χ0v) is 13.5. The number of carbonyl (C=O) groups excluding carboxylic acids is 1. The predicted molar refractivity (Wildman–Crippen MR) is 87.6 cm³/mol. The second-order valence-corrected chi connectivity index (χ2v) is 6.28. The minimum Gasteiger partial charge on any atom is -0.343 e. The zero-order valence-electron chi connectivity index (χ0n) is 12.8. The summed E-state index contributed by atoms with van der Waals surface area (Å²) in [4.78, 5) is 14.3. The number of halogens is 1. The number of hydrogen-bond acceptors (Lipinski definition) is 2. The molecule has 4 heteroatoms. The molecule has 1 aliphatic rings. The number of aryl methyl sites for hydroxylation is 1. The topological polar surface area (TPSA) is 32.3 Å². The fourth-order valence-corrected chi connectivity index (χ4v) is 3.01. The highest BCUT2D eigenvalue weighted by Crippen LogP contribution is 2.21. The van der Waals surface area contributed by atoms with E-state index in [1.807, 2.05) is 36.2 Å². The van der Waals surface area contributed by atoms with Crippen molar-refractivity contribution in [3.05, 3.63) is 34.9 Å². The molecule has 1 saturated heterocycles. The van der Waals surface area contributed by atoms with E-state index in [9.17, 15) is 4.79 Å². The van der Waals surface area contributed by atoms with Gasteiger partial charge in [0.2, 0.25) is 5.91 Å². The lowest BCUT2D eigenvalue weighted by molar-refractivity contribution is -0.132. The Balaban J connectivity index is 1.71. The van der Waals surface area contributed by atoms with E-state index in [0.717, 1.165) is 49.8 Å². The Labute approximate surface area is 132 Å². The van der Waals surface area contributed by atoms with Crippen molar-refractivity contribution in [3.63, 3.8) is 0 Å². The van der Waals surface area contributed by atoms with Crippen molar-refractivity contribution in [2.24, 2.45) is 5.92 Å². The number of likely N-dealkylation sites (tertiary alicyclic amines) is 1. The Bertz CT molecular complexity index is 439. The average molecular weight is 309 g/mol. The van der Waals surface area contributed by atoms with Crippen molar-refractivity contribution in [1.29, 1.82) is 0 Å². The maximum atomic E-state index is 12.2. The maximum Gasteiger partial charge on any atom is 0.222 e. The first-order chi connectivity index (χ1) is 10.2. The van der Waals surface area contributed by atoms with Gasteiger partial charge in [0, 0.05) is 24.5 Å². The third-order valence-corrected chi connectivity index (χ3v) is 4.56. The van der Waals surface area contributed by atoms with Crippen molar-refractivity contribution in [3.8, 4) is 0 Å². The van der Waals surface area contributed by atoms with Crippen LogP contribution in [0.4, 0.5) is 0 Å². The Kier molecular flexibility index (Phi) is 6.52. The highest BCUT2D eigenvalue weighted by atomic mass is 35.5. The second-order valence-electron chi connectivity index (χ2n) is 5.84. The third kappa shape index (κ3) is 5.33. The van der Waals surface area contributed by atoms with Crippen LogP contribution in [0.25, 0.3) is 0 Å². The summed E-state index contributed by atoms with van der Waals surface area (Å²) >= 11 is 5.87. The Morgan fingerprint density at radius 1 is 1.29 bits per heavy atom. The molecule has 0 spiro atoms. The van der Waals surface area contributed by atoms with E-state index in [-0.39, 0.29) is 5.91 Å². The normalized spacial score (nSPS) is 16.2. The number of nitrogens with one attached hydrogen (secondary N) is 1. The molecule has 1 aromatic rings. The van der Waals surface area contributed by atoms with E-state index in [1.165, 1.54) is 12.0 Å². The third-order valence-electron chi connectivity index (χ3n) is 4.31. The smallest absolute Gasteiger partial charge is 0.222 e. The van der Waals surface area contributed by atoms with Crippen molar-refractivity contribution in [2.45, 2.75) is 32.1 Å². The van der Waals surface area contributed by atoms with Crippen LogP contribution in [0.5, 0.6) is 0 Å². The molecule has 0 radical (unpaired) electrons. The molecule has 0 aliphatic carbocycles. The van der Waals surface area contributed by atoms with E-state index >= 15 is 0 Å². The van der Waals surface area contributed by atoms with Crippen molar-refractivity contribution in [1.82, 2.24) is 10.2 Å². The summed E-state index contributed by atoms with van der Waals surface area (Å²) in [5.41, 5.74) is 1.18. The van der Waals surface area contributed by atoms with Crippen LogP contribution in [0, 0.1) is 5.92 Å². The molecule has 0 aromatic heterocycles. The lowest BCUT2D eigenvalue weighted by atomic mass is 9.93. The van der Waals surface area contributed by atoms with Crippen LogP contribution < -0.4 is 5.32 Å². The first-order valence-corrected chi connectivity index (χ1v) is 8.23. The molecule has 21 heavy (non-hydrogen) atoms. The van der Waals surface area contributed by atoms with Gasteiger partial charge in [-0.1, -0.05) is 23.7 Å². The second kappa shape index (κ2) is 8.40. The fraction of sp³-hybridized carbons (Fsp3) is 0.588. The van der Waals surface area contributed by atoms with Crippen LogP contribution >= 0.6 is 11.6 Å². The molecule has 0 unspecified atom stereocenters. The van der Waals surface area contributed by atoms with Crippen LogP contribution in [0.3, 0.4) is 0 Å². The number of rotatable bonds is 6. The lowest BCUT2D eigenvalue weighted by Gasteiger charge is -2.32. The molecule has 0 saturated carbocycles. The number of benzene rings is 1. The minimum atomic E-state index is 0.289. The molecule has 116 valence electrons. The highest BCUT2D eigenvalue weighted by molar-refractivity contribution is 6.30. The van der Waals surface area contributed by atoms with Gasteiger partial charge >= 0.3 is 0 Å². The highest BCUT2D eigenvalue weighted by Gasteiger charge is 2.21. The molecule has 1 N–H and O–H groups in total. The van der Waals surface area contributed by atoms with Crippen LogP contribution in [0.2, 0.25) is 5.02 Å². The van der Waals surface area contributed by atoms with Crippen LogP contribution in [-0.4, -0.2) is 37.5 Å². The summed E-state index contributed by atoms with van der Waals surface area (Å²) in [6, 6.07) is 7.77. The van der Waals surface area contributed by atoms with Gasteiger partial charge in [-0.25, -0.2) is 0 Å². The lowest BCUT2D eigenvalue weighted by Crippen LogP contribution is -2.39. The van der Waals surface area contributed by atoms with Crippen molar-refractivity contribution in [2.75, 3.05) is 26.7 Å². The molecular formula is C17H25ClN2O. The molecule has 1 aromatic carbocycles. The van der Waals surface area contributed by atoms with Gasteiger partial charge in [0.25, 0.3) is 0 Å². The summed E-state index contributed by atoms with van der Waals surface area (Å²) in [6.07, 6.45) is 4.92. The zero-order chi connectivity index (χ0) is 15.1.